The lowest BCUT2D eigenvalue weighted by Crippen LogP contribution is -2.10. The lowest BCUT2D eigenvalue weighted by Gasteiger charge is -2.08. The van der Waals surface area contributed by atoms with Crippen molar-refractivity contribution in [3.8, 4) is 17.0 Å². The van der Waals surface area contributed by atoms with Gasteiger partial charge in [0, 0.05) is 16.3 Å². The van der Waals surface area contributed by atoms with E-state index in [1.807, 2.05) is 43.3 Å². The van der Waals surface area contributed by atoms with E-state index in [0.717, 1.165) is 33.9 Å². The molecule has 7 nitrogen and oxygen atoms in total. The molecule has 142 valence electrons. The lowest BCUT2D eigenvalue weighted by atomic mass is 10.1. The molecule has 3 aromatic heterocycles. The van der Waals surface area contributed by atoms with Crippen LogP contribution in [-0.2, 0) is 6.54 Å². The number of hydrogen-bond acceptors (Lipinski definition) is 4. The Morgan fingerprint density at radius 1 is 1.18 bits per heavy atom. The molecule has 0 saturated heterocycles. The predicted molar refractivity (Wildman–Crippen MR) is 105 cm³/mol. The first kappa shape index (κ1) is 18.1. The fraction of sp³-hybridized carbons (Fsp3) is 0.150. The van der Waals surface area contributed by atoms with E-state index in [4.69, 9.17) is 26.5 Å². The number of halogens is 1. The van der Waals surface area contributed by atoms with Crippen LogP contribution < -0.4 is 4.74 Å². The van der Waals surface area contributed by atoms with Crippen molar-refractivity contribution in [1.82, 2.24) is 19.4 Å². The Kier molecular flexibility index (Phi) is 4.52. The highest BCUT2D eigenvalue weighted by Gasteiger charge is 2.14. The van der Waals surface area contributed by atoms with Crippen molar-refractivity contribution in [2.75, 3.05) is 7.11 Å². The Hall–Kier alpha value is -3.32. The highest BCUT2D eigenvalue weighted by Crippen LogP contribution is 2.26. The van der Waals surface area contributed by atoms with Crippen molar-refractivity contribution >= 4 is 23.1 Å². The van der Waals surface area contributed by atoms with Crippen LogP contribution in [0.2, 0.25) is 5.02 Å². The van der Waals surface area contributed by atoms with Gasteiger partial charge in [-0.25, -0.2) is 9.31 Å². The molecule has 8 heteroatoms. The van der Waals surface area contributed by atoms with Gasteiger partial charge in [-0.05, 0) is 43.3 Å². The third-order valence-electron chi connectivity index (χ3n) is 4.48. The molecule has 0 atom stereocenters. The highest BCUT2D eigenvalue weighted by molar-refractivity contribution is 6.31. The number of carboxylic acids is 1. The first-order chi connectivity index (χ1) is 13.4. The maximum absolute atomic E-state index is 11.2. The third-order valence-corrected chi connectivity index (χ3v) is 4.70. The smallest absolute Gasteiger partial charge is 0.356 e. The van der Waals surface area contributed by atoms with Crippen LogP contribution in [0, 0.1) is 6.92 Å². The van der Waals surface area contributed by atoms with Gasteiger partial charge < -0.3 is 9.84 Å². The average molecular weight is 397 g/mol. The number of aryl methyl sites for hydroxylation is 1. The summed E-state index contributed by atoms with van der Waals surface area (Å²) in [4.78, 5) is 11.2. The van der Waals surface area contributed by atoms with E-state index in [9.17, 15) is 4.79 Å². The maximum Gasteiger partial charge on any atom is 0.356 e. The summed E-state index contributed by atoms with van der Waals surface area (Å²) in [6, 6.07) is 14.8. The number of fused-ring (bicyclic) bond motifs is 1. The number of nitrogens with zero attached hydrogens (tertiary/aromatic N) is 4. The molecule has 0 unspecified atom stereocenters. The number of benzene rings is 1. The molecule has 0 amide bonds. The van der Waals surface area contributed by atoms with E-state index in [2.05, 4.69) is 5.10 Å². The topological polar surface area (TPSA) is 81.7 Å². The van der Waals surface area contributed by atoms with E-state index in [-0.39, 0.29) is 5.69 Å². The zero-order valence-corrected chi connectivity index (χ0v) is 16.0. The molecule has 28 heavy (non-hydrogen) atoms. The number of carboxylic acid groups (broad SMARTS) is 1. The molecule has 1 aromatic carbocycles. The molecule has 4 aromatic rings. The predicted octanol–water partition coefficient (Wildman–Crippen LogP) is 3.91. The molecular formula is C20H17ClN4O3. The van der Waals surface area contributed by atoms with E-state index in [1.54, 1.807) is 22.4 Å². The number of aromatic nitrogens is 4. The second-order valence-electron chi connectivity index (χ2n) is 6.40. The van der Waals surface area contributed by atoms with Crippen molar-refractivity contribution < 1.29 is 14.6 Å². The Balaban J connectivity index is 1.78. The summed E-state index contributed by atoms with van der Waals surface area (Å²) >= 11 is 6.30. The zero-order valence-electron chi connectivity index (χ0n) is 15.3. The van der Waals surface area contributed by atoms with Gasteiger partial charge in [-0.3, -0.25) is 4.68 Å². The molecule has 4 rings (SSSR count). The minimum atomic E-state index is -1.06. The summed E-state index contributed by atoms with van der Waals surface area (Å²) < 4.78 is 8.71. The molecule has 3 heterocycles. The minimum Gasteiger partial charge on any atom is -0.497 e. The molecule has 0 saturated carbocycles. The van der Waals surface area contributed by atoms with Gasteiger partial charge in [0.05, 0.1) is 30.6 Å². The Labute approximate surface area is 165 Å². The van der Waals surface area contributed by atoms with Crippen molar-refractivity contribution in [1.29, 1.82) is 0 Å². The number of hydrogen-bond donors (Lipinski definition) is 1. The fourth-order valence-corrected chi connectivity index (χ4v) is 3.33. The maximum atomic E-state index is 11.2. The number of ether oxygens (including phenoxy) is 1. The van der Waals surface area contributed by atoms with E-state index in [1.165, 1.54) is 6.07 Å². The van der Waals surface area contributed by atoms with Crippen molar-refractivity contribution in [3.05, 3.63) is 70.6 Å². The summed E-state index contributed by atoms with van der Waals surface area (Å²) in [5, 5.41) is 18.6. The monoisotopic (exact) mass is 396 g/mol. The number of rotatable bonds is 5. The van der Waals surface area contributed by atoms with Crippen molar-refractivity contribution in [2.45, 2.75) is 13.5 Å². The Bertz CT molecular complexity index is 1200. The molecule has 0 bridgehead atoms. The minimum absolute atomic E-state index is 0.00769. The Morgan fingerprint density at radius 2 is 2.00 bits per heavy atom. The van der Waals surface area contributed by atoms with Crippen LogP contribution in [0.1, 0.15) is 21.9 Å². The second kappa shape index (κ2) is 7.01. The van der Waals surface area contributed by atoms with Crippen LogP contribution >= 0.6 is 11.6 Å². The first-order valence-electron chi connectivity index (χ1n) is 8.55. The summed E-state index contributed by atoms with van der Waals surface area (Å²) in [7, 11) is 1.62. The van der Waals surface area contributed by atoms with Gasteiger partial charge in [-0.15, -0.1) is 0 Å². The number of carbonyl (C=O) groups is 1. The molecule has 0 spiro atoms. The van der Waals surface area contributed by atoms with Crippen LogP contribution in [0.25, 0.3) is 16.8 Å². The normalized spacial score (nSPS) is 11.1. The summed E-state index contributed by atoms with van der Waals surface area (Å²) in [6.45, 7) is 2.15. The molecule has 1 N–H and O–H groups in total. The molecule has 0 radical (unpaired) electrons. The van der Waals surface area contributed by atoms with Crippen LogP contribution in [0.5, 0.6) is 5.75 Å². The van der Waals surface area contributed by atoms with Gasteiger partial charge in [-0.2, -0.15) is 10.2 Å². The fourth-order valence-electron chi connectivity index (χ4n) is 3.10. The van der Waals surface area contributed by atoms with Gasteiger partial charge in [0.1, 0.15) is 5.75 Å². The van der Waals surface area contributed by atoms with Gasteiger partial charge in [0.15, 0.2) is 5.69 Å². The van der Waals surface area contributed by atoms with E-state index in [0.29, 0.717) is 11.6 Å². The van der Waals surface area contributed by atoms with Crippen LogP contribution in [0.15, 0.2) is 48.5 Å². The number of aromatic carboxylic acids is 1. The van der Waals surface area contributed by atoms with Crippen LogP contribution in [0.3, 0.4) is 0 Å². The molecule has 0 fully saturated rings. The molecule has 0 aliphatic heterocycles. The summed E-state index contributed by atoms with van der Waals surface area (Å²) in [6.07, 6.45) is 0. The van der Waals surface area contributed by atoms with Gasteiger partial charge in [0.2, 0.25) is 0 Å². The summed E-state index contributed by atoms with van der Waals surface area (Å²) in [5.74, 6) is -0.307. The van der Waals surface area contributed by atoms with E-state index < -0.39 is 5.97 Å². The average Bonchev–Trinajstić information content (AvgIpc) is 3.26. The van der Waals surface area contributed by atoms with Gasteiger partial charge >= 0.3 is 5.97 Å². The summed E-state index contributed by atoms with van der Waals surface area (Å²) in [5.41, 5.74) is 4.08. The molecular weight excluding hydrogens is 380 g/mol. The van der Waals surface area contributed by atoms with Crippen LogP contribution in [0.4, 0.5) is 0 Å². The largest absolute Gasteiger partial charge is 0.497 e. The highest BCUT2D eigenvalue weighted by atomic mass is 35.5. The number of methoxy groups -OCH3 is 1. The van der Waals surface area contributed by atoms with Crippen molar-refractivity contribution in [3.63, 3.8) is 0 Å². The first-order valence-corrected chi connectivity index (χ1v) is 8.93. The zero-order chi connectivity index (χ0) is 19.8. The lowest BCUT2D eigenvalue weighted by molar-refractivity contribution is 0.0689. The molecule has 0 aliphatic rings. The van der Waals surface area contributed by atoms with E-state index >= 15 is 0 Å². The second-order valence-corrected chi connectivity index (χ2v) is 6.83. The SMILES string of the molecule is COc1cccc(-c2cc3cc(Cl)cc(Cn4nc(C(=O)O)cc4C)n3n2)c1. The standard InChI is InChI=1S/C20H17ClN4O3/c1-12-6-19(20(26)27)22-24(12)11-16-9-14(21)8-15-10-18(23-25(15)16)13-4-3-5-17(7-13)28-2/h3-10H,11H2,1-2H3,(H,26,27). The van der Waals surface area contributed by atoms with Gasteiger partial charge in [0.25, 0.3) is 0 Å². The number of pyridine rings is 1. The van der Waals surface area contributed by atoms with Crippen LogP contribution in [-0.4, -0.2) is 37.6 Å². The van der Waals surface area contributed by atoms with Crippen molar-refractivity contribution in [2.24, 2.45) is 0 Å². The quantitative estimate of drug-likeness (QED) is 0.553. The molecule has 0 aliphatic carbocycles. The Morgan fingerprint density at radius 3 is 2.71 bits per heavy atom. The third kappa shape index (κ3) is 3.32. The van der Waals surface area contributed by atoms with Gasteiger partial charge in [-0.1, -0.05) is 23.7 Å².